The fourth-order valence-corrected chi connectivity index (χ4v) is 20.3. The molecule has 9 heteroatoms. The summed E-state index contributed by atoms with van der Waals surface area (Å²) in [5.41, 5.74) is 15.8. The van der Waals surface area contributed by atoms with Crippen molar-refractivity contribution in [2.75, 3.05) is 0 Å². The van der Waals surface area contributed by atoms with Crippen molar-refractivity contribution in [2.24, 2.45) is 11.8 Å². The summed E-state index contributed by atoms with van der Waals surface area (Å²) >= 11 is 6.68. The van der Waals surface area contributed by atoms with Crippen molar-refractivity contribution in [2.45, 2.75) is 73.1 Å². The molecule has 77 heavy (non-hydrogen) atoms. The average molecular weight is 1250 g/mol. The van der Waals surface area contributed by atoms with E-state index in [4.69, 9.17) is 18.7 Å². The Hall–Kier alpha value is -6.49. The third kappa shape index (κ3) is 9.20. The molecule has 12 rings (SSSR count). The predicted molar refractivity (Wildman–Crippen MR) is 329 cm³/mol. The van der Waals surface area contributed by atoms with E-state index in [-0.39, 0.29) is 0 Å². The zero-order valence-corrected chi connectivity index (χ0v) is 49.8. The Morgan fingerprint density at radius 1 is 0.662 bits per heavy atom. The van der Waals surface area contributed by atoms with E-state index in [1.807, 2.05) is 35.4 Å². The Labute approximate surface area is 475 Å². The average Bonchev–Trinajstić information content (AvgIpc) is 4.51. The van der Waals surface area contributed by atoms with E-state index in [0.717, 1.165) is 120 Å². The monoisotopic (exact) mass is 1250 g/mol. The van der Waals surface area contributed by atoms with Crippen LogP contribution in [0.3, 0.4) is 0 Å². The van der Waals surface area contributed by atoms with Gasteiger partial charge in [-0.1, -0.05) is 56.3 Å². The van der Waals surface area contributed by atoms with Gasteiger partial charge in [-0.15, -0.1) is 17.9 Å². The summed E-state index contributed by atoms with van der Waals surface area (Å²) < 4.78 is 14.3. The second-order valence-electron chi connectivity index (χ2n) is 20.9. The minimum Gasteiger partial charge on any atom is -0.0625 e. The topological polar surface area (TPSA) is 51.6 Å². The van der Waals surface area contributed by atoms with E-state index in [2.05, 4.69) is 209 Å². The van der Waals surface area contributed by atoms with Crippen LogP contribution >= 0.6 is 41.7 Å². The number of allylic oxidation sites excluding steroid dienone is 7. The molecule has 0 N–H and O–H groups in total. The maximum Gasteiger partial charge on any atom is 0.0109 e. The molecule has 4 heterocycles. The van der Waals surface area contributed by atoms with E-state index in [1.165, 1.54) is 65.6 Å². The number of benzene rings is 6. The Morgan fingerprint density at radius 3 is 1.73 bits per heavy atom. The zero-order valence-electron chi connectivity index (χ0n) is 43.9. The van der Waals surface area contributed by atoms with Crippen molar-refractivity contribution < 1.29 is 17.9 Å². The van der Waals surface area contributed by atoms with E-state index in [9.17, 15) is 0 Å². The zero-order chi connectivity index (χ0) is 52.8. The fraction of sp³-hybridized carbons (Fsp3) is 0.191. The van der Waals surface area contributed by atoms with Crippen LogP contribution in [0.15, 0.2) is 186 Å². The summed E-state index contributed by atoms with van der Waals surface area (Å²) in [6.07, 6.45) is 12.6. The molecule has 0 saturated heterocycles. The quantitative estimate of drug-likeness (QED) is 0.0656. The molecule has 4 nitrogen and oxygen atoms in total. The van der Waals surface area contributed by atoms with Crippen molar-refractivity contribution in [1.82, 2.24) is 18.7 Å². The molecule has 2 aliphatic carbocycles. The smallest absolute Gasteiger partial charge is 0.0109 e. The number of rotatable bonds is 13. The molecule has 0 amide bonds. The van der Waals surface area contributed by atoms with Crippen LogP contribution in [0.25, 0.3) is 76.2 Å². The van der Waals surface area contributed by atoms with Gasteiger partial charge in [0.15, 0.2) is 0 Å². The van der Waals surface area contributed by atoms with Crippen molar-refractivity contribution in [3.05, 3.63) is 207 Å². The standard InChI is InChI=1S/C68H57N4PS3.Os/c1-8-22-56-49(37-42(3)4)40-58(74-56)61-65-66(70-64-55-34-21-25-46-24-20-33-54(60(46)55)63(64)69-65)62(68-67(61)71-76-72-68)59-41-50(38-43(5)6)57(75-59)36-35-47(39-48-26-19-23-45(48)9-2)44(7)73(51-27-13-10-14-28-51,52-29-15-11-16-30-52)53-31-17-12-18-32-53;/h8-18,20-21,24-25,27-34,39-43H,1,19,22-23,26,37-38H2,2-6H3;/q+1;. The Bertz CT molecular complexity index is 4060. The normalized spacial score (nSPS) is 14.5. The first-order valence-corrected chi connectivity index (χ1v) is 32.0. The van der Waals surface area contributed by atoms with Gasteiger partial charge in [0, 0.05) is 26.3 Å². The fourth-order valence-electron chi connectivity index (χ4n) is 11.7. The van der Waals surface area contributed by atoms with Crippen LogP contribution in [-0.2, 0) is 37.2 Å². The molecule has 6 aromatic carbocycles. The predicted octanol–water partition coefficient (Wildman–Crippen LogP) is 17.2. The molecule has 0 aliphatic heterocycles. The van der Waals surface area contributed by atoms with Gasteiger partial charge in [0.2, 0.25) is 0 Å². The Morgan fingerprint density at radius 2 is 1.19 bits per heavy atom. The summed E-state index contributed by atoms with van der Waals surface area (Å²) in [4.78, 5) is 16.2. The molecule has 2 aliphatic rings. The van der Waals surface area contributed by atoms with Gasteiger partial charge < -0.3 is 0 Å². The summed E-state index contributed by atoms with van der Waals surface area (Å²) in [6.45, 7) is 15.5. The van der Waals surface area contributed by atoms with Crippen LogP contribution in [0.4, 0.5) is 0 Å². The molecule has 0 atom stereocenters. The third-order valence-corrected chi connectivity index (χ3v) is 23.2. The summed E-state index contributed by atoms with van der Waals surface area (Å²) in [6, 6.07) is 51.2. The van der Waals surface area contributed by atoms with Crippen LogP contribution in [0.2, 0.25) is 0 Å². The minimum atomic E-state index is -2.56. The first-order valence-electron chi connectivity index (χ1n) is 26.6. The van der Waals surface area contributed by atoms with E-state index < -0.39 is 7.26 Å². The molecule has 0 bridgehead atoms. The molecular weight excluding hydrogens is 1190 g/mol. The molecule has 1 saturated carbocycles. The second-order valence-corrected chi connectivity index (χ2v) is 27.6. The van der Waals surface area contributed by atoms with Crippen LogP contribution < -0.4 is 15.9 Å². The van der Waals surface area contributed by atoms with Gasteiger partial charge in [-0.2, -0.15) is 0 Å². The number of aromatic nitrogens is 4. The van der Waals surface area contributed by atoms with Gasteiger partial charge in [-0.25, -0.2) is 0 Å². The third-order valence-electron chi connectivity index (χ3n) is 14.9. The summed E-state index contributed by atoms with van der Waals surface area (Å²) in [7, 11) is -2.56. The van der Waals surface area contributed by atoms with Crippen molar-refractivity contribution in [3.63, 3.8) is 0 Å². The Balaban J connectivity index is 1.13. The summed E-state index contributed by atoms with van der Waals surface area (Å²) in [5, 5.41) is 7.38. The number of thiophene rings is 2. The van der Waals surface area contributed by atoms with Crippen molar-refractivity contribution in [1.29, 1.82) is 0 Å². The number of fused-ring (bicyclic) bond motifs is 5. The van der Waals surface area contributed by atoms with Crippen LogP contribution in [0.5, 0.6) is 0 Å². The first-order chi connectivity index (χ1) is 37.7. The minimum absolute atomic E-state index is 0.388. The summed E-state index contributed by atoms with van der Waals surface area (Å²) in [5.74, 6) is 8.81. The number of nitrogens with zero attached hydrogens (tertiary/aromatic N) is 4. The molecule has 1 fully saturated rings. The van der Waals surface area contributed by atoms with E-state index in [0.29, 0.717) is 11.8 Å². The largest absolute Gasteiger partial charge is 0.0625 e. The van der Waals surface area contributed by atoms with Crippen LogP contribution in [-0.4, -0.2) is 18.7 Å². The van der Waals surface area contributed by atoms with Crippen molar-refractivity contribution >= 4 is 90.4 Å². The molecule has 10 aromatic rings. The molecule has 0 spiro atoms. The number of hydrogen-bond acceptors (Lipinski definition) is 7. The van der Waals surface area contributed by atoms with Gasteiger partial charge in [-0.3, -0.25) is 0 Å². The molecule has 0 radical (unpaired) electrons. The van der Waals surface area contributed by atoms with Gasteiger partial charge in [-0.05, 0) is 35.8 Å². The number of hydrogen-bond donors (Lipinski definition) is 0. The molecular formula is C68H57N4OsPS3+. The van der Waals surface area contributed by atoms with Crippen molar-refractivity contribution in [3.8, 4) is 59.6 Å². The maximum absolute atomic E-state index is 5.81. The SMILES string of the molecule is C=CCc1sc(-c2c3nsnc3c(-c3cc(CC(C)C)c(C#CC(C=C4CCCC4=CC)=C([C]#[Os])[P+](c4ccccc4)(c4ccccc4)c4ccccc4)s3)c3nc4c(nc23)-c2cccc3cccc-4c23)cc1CC(C)C. The molecule has 4 aromatic heterocycles. The second kappa shape index (κ2) is 21.7. The first kappa shape index (κ1) is 51.3. The Kier molecular flexibility index (Phi) is 14.5. The van der Waals surface area contributed by atoms with Gasteiger partial charge >= 0.3 is 337 Å². The van der Waals surface area contributed by atoms with Gasteiger partial charge in [0.1, 0.15) is 0 Å². The van der Waals surface area contributed by atoms with Gasteiger partial charge in [0.05, 0.1) is 5.69 Å². The molecule has 379 valence electrons. The van der Waals surface area contributed by atoms with Crippen LogP contribution in [0.1, 0.15) is 74.8 Å². The van der Waals surface area contributed by atoms with E-state index >= 15 is 0 Å². The molecule has 0 unspecified atom stereocenters. The van der Waals surface area contributed by atoms with E-state index in [1.54, 1.807) is 11.3 Å². The van der Waals surface area contributed by atoms with Crippen LogP contribution in [0, 0.1) is 28.0 Å². The van der Waals surface area contributed by atoms with Gasteiger partial charge in [0.25, 0.3) is 0 Å². The maximum atomic E-state index is 5.81.